The Morgan fingerprint density at radius 1 is 1.12 bits per heavy atom. The molecule has 0 saturated carbocycles. The lowest BCUT2D eigenvalue weighted by Gasteiger charge is -2.13. The van der Waals surface area contributed by atoms with E-state index in [4.69, 9.17) is 5.26 Å². The van der Waals surface area contributed by atoms with E-state index in [0.29, 0.717) is 23.1 Å². The normalized spacial score (nSPS) is 11.0. The second kappa shape index (κ2) is 10.5. The van der Waals surface area contributed by atoms with Crippen LogP contribution in [0.2, 0.25) is 0 Å². The molecule has 0 aliphatic carbocycles. The van der Waals surface area contributed by atoms with Crippen molar-refractivity contribution in [2.45, 2.75) is 13.5 Å². The Morgan fingerprint density at radius 3 is 2.79 bits per heavy atom. The van der Waals surface area contributed by atoms with Gasteiger partial charge in [0.25, 0.3) is 5.91 Å². The minimum Gasteiger partial charge on any atom is -0.380 e. The number of benzene rings is 2. The molecular weight excluding hydrogens is 446 g/mol. The molecule has 0 fully saturated rings. The average Bonchev–Trinajstić information content (AvgIpc) is 3.33. The number of aromatic nitrogens is 1. The molecule has 0 unspecified atom stereocenters. The Bertz CT molecular complexity index is 1400. The van der Waals surface area contributed by atoms with Gasteiger partial charge in [0.05, 0.1) is 11.2 Å². The second-order valence-electron chi connectivity index (χ2n) is 7.42. The van der Waals surface area contributed by atoms with Crippen molar-refractivity contribution in [3.8, 4) is 6.19 Å². The summed E-state index contributed by atoms with van der Waals surface area (Å²) in [6, 6.07) is 17.4. The van der Waals surface area contributed by atoms with Gasteiger partial charge in [-0.15, -0.1) is 16.3 Å². The number of para-hydroxylation sites is 1. The van der Waals surface area contributed by atoms with Crippen LogP contribution in [0.5, 0.6) is 0 Å². The van der Waals surface area contributed by atoms with Crippen molar-refractivity contribution in [3.63, 3.8) is 0 Å². The van der Waals surface area contributed by atoms with Crippen LogP contribution in [0.4, 0.5) is 17.1 Å². The van der Waals surface area contributed by atoms with Gasteiger partial charge in [0.15, 0.2) is 0 Å². The summed E-state index contributed by atoms with van der Waals surface area (Å²) in [4.78, 5) is 21.7. The smallest absolute Gasteiger partial charge is 0.267 e. The number of amides is 1. The predicted molar refractivity (Wildman–Crippen MR) is 138 cm³/mol. The maximum atomic E-state index is 13.0. The molecule has 4 rings (SSSR count). The number of fused-ring (bicyclic) bond motifs is 1. The average molecular weight is 470 g/mol. The van der Waals surface area contributed by atoms with Crippen LogP contribution in [0.3, 0.4) is 0 Å². The minimum absolute atomic E-state index is 0.202. The van der Waals surface area contributed by atoms with E-state index in [1.54, 1.807) is 25.5 Å². The zero-order chi connectivity index (χ0) is 23.9. The Balaban J connectivity index is 1.48. The Morgan fingerprint density at radius 2 is 1.97 bits per heavy atom. The Hall–Kier alpha value is -4.42. The first-order chi connectivity index (χ1) is 16.6. The van der Waals surface area contributed by atoms with Crippen molar-refractivity contribution in [3.05, 3.63) is 82.2 Å². The number of pyridine rings is 1. The summed E-state index contributed by atoms with van der Waals surface area (Å²) in [5.41, 5.74) is 5.13. The van der Waals surface area contributed by atoms with Gasteiger partial charge in [-0.25, -0.2) is 0 Å². The number of anilines is 3. The maximum absolute atomic E-state index is 13.0. The minimum atomic E-state index is -0.202. The fraction of sp³-hybridized carbons (Fsp3) is 0.120. The van der Waals surface area contributed by atoms with Crippen molar-refractivity contribution in [1.82, 2.24) is 10.3 Å². The second-order valence-corrected chi connectivity index (χ2v) is 8.34. The fourth-order valence-corrected chi connectivity index (χ4v) is 4.24. The number of aliphatic imine (C=N–C) groups is 1. The zero-order valence-electron chi connectivity index (χ0n) is 18.7. The molecule has 4 aromatic rings. The summed E-state index contributed by atoms with van der Waals surface area (Å²) in [5, 5.41) is 24.0. The van der Waals surface area contributed by atoms with Crippen LogP contribution in [0.1, 0.15) is 20.8 Å². The summed E-state index contributed by atoms with van der Waals surface area (Å²) < 4.78 is 0. The van der Waals surface area contributed by atoms with Gasteiger partial charge in [-0.1, -0.05) is 24.3 Å². The predicted octanol–water partition coefficient (Wildman–Crippen LogP) is 4.94. The number of thiophene rings is 1. The van der Waals surface area contributed by atoms with Gasteiger partial charge in [-0.05, 0) is 53.8 Å². The van der Waals surface area contributed by atoms with Crippen LogP contribution >= 0.6 is 11.3 Å². The highest BCUT2D eigenvalue weighted by Crippen LogP contribution is 2.27. The van der Waals surface area contributed by atoms with E-state index in [2.05, 4.69) is 31.2 Å². The quantitative estimate of drug-likeness (QED) is 0.181. The number of aryl methyl sites for hydroxylation is 1. The lowest BCUT2D eigenvalue weighted by Crippen LogP contribution is -2.27. The third-order valence-corrected chi connectivity index (χ3v) is 6.14. The summed E-state index contributed by atoms with van der Waals surface area (Å²) >= 11 is 1.38. The molecular formula is C25H23N7OS. The van der Waals surface area contributed by atoms with Gasteiger partial charge >= 0.3 is 0 Å². The summed E-state index contributed by atoms with van der Waals surface area (Å²) in [6.07, 6.45) is 3.54. The number of carbonyl (C=O) groups excluding carboxylic acids is 1. The number of hydrogen-bond acceptors (Lipinski definition) is 6. The summed E-state index contributed by atoms with van der Waals surface area (Å²) in [7, 11) is 1.67. The highest BCUT2D eigenvalue weighted by molar-refractivity contribution is 7.12. The van der Waals surface area contributed by atoms with Crippen molar-refractivity contribution in [1.29, 1.82) is 5.26 Å². The molecule has 34 heavy (non-hydrogen) atoms. The number of hydrogen-bond donors (Lipinski definition) is 4. The van der Waals surface area contributed by atoms with Gasteiger partial charge in [-0.3, -0.25) is 9.78 Å². The number of rotatable bonds is 6. The van der Waals surface area contributed by atoms with E-state index in [1.165, 1.54) is 11.3 Å². The van der Waals surface area contributed by atoms with Crippen LogP contribution < -0.4 is 21.3 Å². The molecule has 2 heterocycles. The monoisotopic (exact) mass is 469 g/mol. The molecule has 4 N–H and O–H groups in total. The SMILES string of the molecule is CN/C(=N\C#N)Nc1cc(NC(=O)c2sccc2NCc2ccnc3ccccc23)ccc1C. The largest absolute Gasteiger partial charge is 0.380 e. The van der Waals surface area contributed by atoms with Crippen molar-refractivity contribution in [2.75, 3.05) is 23.0 Å². The number of nitrogens with one attached hydrogen (secondary N) is 4. The molecule has 2 aromatic heterocycles. The highest BCUT2D eigenvalue weighted by Gasteiger charge is 2.15. The van der Waals surface area contributed by atoms with Gasteiger partial charge in [0.2, 0.25) is 12.2 Å². The molecule has 0 atom stereocenters. The summed E-state index contributed by atoms with van der Waals surface area (Å²) in [5.74, 6) is 0.119. The van der Waals surface area contributed by atoms with Gasteiger partial charge in [-0.2, -0.15) is 5.26 Å². The van der Waals surface area contributed by atoms with Crippen LogP contribution in [0.15, 0.2) is 71.2 Å². The van der Waals surface area contributed by atoms with E-state index >= 15 is 0 Å². The molecule has 9 heteroatoms. The van der Waals surface area contributed by atoms with Gasteiger partial charge < -0.3 is 21.3 Å². The van der Waals surface area contributed by atoms with Crippen molar-refractivity contribution >= 4 is 51.2 Å². The van der Waals surface area contributed by atoms with Crippen LogP contribution in [-0.4, -0.2) is 23.9 Å². The maximum Gasteiger partial charge on any atom is 0.267 e. The first kappa shape index (κ1) is 22.8. The number of carbonyl (C=O) groups is 1. The first-order valence-corrected chi connectivity index (χ1v) is 11.4. The van der Waals surface area contributed by atoms with Crippen LogP contribution in [0.25, 0.3) is 10.9 Å². The molecule has 0 radical (unpaired) electrons. The molecule has 1 amide bonds. The van der Waals surface area contributed by atoms with E-state index in [1.807, 2.05) is 60.8 Å². The van der Waals surface area contributed by atoms with Crippen molar-refractivity contribution < 1.29 is 4.79 Å². The lowest BCUT2D eigenvalue weighted by atomic mass is 10.1. The molecule has 0 bridgehead atoms. The first-order valence-electron chi connectivity index (χ1n) is 10.6. The lowest BCUT2D eigenvalue weighted by molar-refractivity contribution is 0.103. The van der Waals surface area contributed by atoms with Gasteiger partial charge in [0.1, 0.15) is 4.88 Å². The highest BCUT2D eigenvalue weighted by atomic mass is 32.1. The standard InChI is InChI=1S/C25H23N7OS/c1-16-7-8-18(13-22(16)32-25(27-2)30-15-26)31-24(33)23-21(10-12-34-23)29-14-17-9-11-28-20-6-4-3-5-19(17)20/h3-13,29H,14H2,1-2H3,(H,31,33)(H2,27,30,32). The fourth-order valence-electron chi connectivity index (χ4n) is 3.47. The number of guanidine groups is 1. The van der Waals surface area contributed by atoms with E-state index in [0.717, 1.165) is 33.4 Å². The third-order valence-electron chi connectivity index (χ3n) is 5.23. The molecule has 0 aliphatic rings. The molecule has 0 spiro atoms. The zero-order valence-corrected chi connectivity index (χ0v) is 19.5. The molecule has 2 aromatic carbocycles. The van der Waals surface area contributed by atoms with Crippen LogP contribution in [0, 0.1) is 18.4 Å². The van der Waals surface area contributed by atoms with Gasteiger partial charge in [0, 0.05) is 36.6 Å². The summed E-state index contributed by atoms with van der Waals surface area (Å²) in [6.45, 7) is 2.50. The topological polar surface area (TPSA) is 114 Å². The van der Waals surface area contributed by atoms with Crippen molar-refractivity contribution in [2.24, 2.45) is 4.99 Å². The molecule has 8 nitrogen and oxygen atoms in total. The van der Waals surface area contributed by atoms with E-state index in [-0.39, 0.29) is 5.91 Å². The number of nitrogens with zero attached hydrogens (tertiary/aromatic N) is 3. The Labute approximate surface area is 201 Å². The number of nitriles is 1. The van der Waals surface area contributed by atoms with E-state index < -0.39 is 0 Å². The Kier molecular flexibility index (Phi) is 7.01. The molecule has 0 saturated heterocycles. The molecule has 0 aliphatic heterocycles. The third kappa shape index (κ3) is 5.14. The van der Waals surface area contributed by atoms with Crippen LogP contribution in [-0.2, 0) is 6.54 Å². The van der Waals surface area contributed by atoms with E-state index in [9.17, 15) is 4.79 Å². The molecule has 170 valence electrons.